The van der Waals surface area contributed by atoms with E-state index in [1.165, 1.54) is 52.8 Å². The fourth-order valence-corrected chi connectivity index (χ4v) is 4.68. The van der Waals surface area contributed by atoms with E-state index in [-0.39, 0.29) is 29.4 Å². The van der Waals surface area contributed by atoms with Crippen molar-refractivity contribution in [1.29, 1.82) is 0 Å². The van der Waals surface area contributed by atoms with Gasteiger partial charge in [-0.1, -0.05) is 6.07 Å². The molecule has 1 saturated heterocycles. The molecule has 1 N–H and O–H groups in total. The number of rotatable bonds is 7. The highest BCUT2D eigenvalue weighted by molar-refractivity contribution is 7.89. The Bertz CT molecular complexity index is 1280. The molecule has 10 heteroatoms. The van der Waals surface area contributed by atoms with Crippen LogP contribution in [-0.4, -0.2) is 49.9 Å². The molecule has 0 spiro atoms. The van der Waals surface area contributed by atoms with Crippen molar-refractivity contribution in [3.63, 3.8) is 0 Å². The number of aromatic nitrogens is 1. The number of halogens is 1. The average molecular weight is 484 g/mol. The zero-order valence-corrected chi connectivity index (χ0v) is 18.9. The number of pyridine rings is 1. The Morgan fingerprint density at radius 1 is 1.12 bits per heavy atom. The molecule has 34 heavy (non-hydrogen) atoms. The number of carbonyl (C=O) groups excluding carboxylic acids is 1. The molecule has 4 rings (SSSR count). The Morgan fingerprint density at radius 2 is 1.88 bits per heavy atom. The predicted octanol–water partition coefficient (Wildman–Crippen LogP) is 3.69. The summed E-state index contributed by atoms with van der Waals surface area (Å²) in [6.45, 7) is 1.11. The minimum absolute atomic E-state index is 0.00685. The number of anilines is 1. The standard InChI is InChI=1S/C24H22FN3O5S/c25-19-4-6-20(7-5-19)33-23-9-8-21(34(30,31)28-12-14-32-15-13-28)16-22(23)27-24(29)10-3-18-2-1-11-26-17-18/h1-11,16-17H,12-15H2,(H,27,29). The summed E-state index contributed by atoms with van der Waals surface area (Å²) in [5.74, 6) is -0.385. The predicted molar refractivity (Wildman–Crippen MR) is 124 cm³/mol. The van der Waals surface area contributed by atoms with Gasteiger partial charge in [-0.05, 0) is 60.2 Å². The van der Waals surface area contributed by atoms with Crippen molar-refractivity contribution in [2.75, 3.05) is 31.6 Å². The van der Waals surface area contributed by atoms with Crippen molar-refractivity contribution < 1.29 is 27.1 Å². The fourth-order valence-electron chi connectivity index (χ4n) is 3.24. The molecule has 1 aliphatic heterocycles. The third-order valence-corrected chi connectivity index (χ3v) is 6.86. The molecule has 176 valence electrons. The van der Waals surface area contributed by atoms with Crippen molar-refractivity contribution >= 4 is 27.7 Å². The normalized spacial score (nSPS) is 14.7. The van der Waals surface area contributed by atoms with Crippen molar-refractivity contribution in [3.05, 3.63) is 84.4 Å². The van der Waals surface area contributed by atoms with E-state index >= 15 is 0 Å². The molecule has 1 aliphatic rings. The molecule has 2 heterocycles. The van der Waals surface area contributed by atoms with Crippen LogP contribution in [0.2, 0.25) is 0 Å². The number of carbonyl (C=O) groups is 1. The van der Waals surface area contributed by atoms with Gasteiger partial charge in [-0.3, -0.25) is 9.78 Å². The summed E-state index contributed by atoms with van der Waals surface area (Å²) in [5, 5.41) is 2.67. The SMILES string of the molecule is O=C(C=Cc1cccnc1)Nc1cc(S(=O)(=O)N2CCOCC2)ccc1Oc1ccc(F)cc1. The van der Waals surface area contributed by atoms with Crippen molar-refractivity contribution in [3.8, 4) is 11.5 Å². The largest absolute Gasteiger partial charge is 0.455 e. The molecule has 0 bridgehead atoms. The van der Waals surface area contributed by atoms with Crippen LogP contribution in [0.15, 0.2) is 78.0 Å². The van der Waals surface area contributed by atoms with Crippen LogP contribution in [-0.2, 0) is 19.6 Å². The zero-order chi connectivity index (χ0) is 24.0. The minimum atomic E-state index is -3.80. The van der Waals surface area contributed by atoms with E-state index in [0.717, 1.165) is 5.56 Å². The summed E-state index contributed by atoms with van der Waals surface area (Å²) in [5.41, 5.74) is 0.878. The number of benzene rings is 2. The van der Waals surface area contributed by atoms with Crippen LogP contribution in [0.5, 0.6) is 11.5 Å². The summed E-state index contributed by atoms with van der Waals surface area (Å²) < 4.78 is 51.8. The number of ether oxygens (including phenoxy) is 2. The highest BCUT2D eigenvalue weighted by Crippen LogP contribution is 2.33. The van der Waals surface area contributed by atoms with Crippen LogP contribution in [0.3, 0.4) is 0 Å². The number of nitrogens with zero attached hydrogens (tertiary/aromatic N) is 2. The van der Waals surface area contributed by atoms with Gasteiger partial charge in [0.15, 0.2) is 5.75 Å². The lowest BCUT2D eigenvalue weighted by molar-refractivity contribution is -0.111. The van der Waals surface area contributed by atoms with Gasteiger partial charge < -0.3 is 14.8 Å². The summed E-state index contributed by atoms with van der Waals surface area (Å²) in [6.07, 6.45) is 6.11. The Kier molecular flexibility index (Phi) is 7.31. The summed E-state index contributed by atoms with van der Waals surface area (Å²) in [4.78, 5) is 16.6. The lowest BCUT2D eigenvalue weighted by atomic mass is 10.2. The molecule has 0 radical (unpaired) electrons. The lowest BCUT2D eigenvalue weighted by Gasteiger charge is -2.26. The molecule has 1 amide bonds. The third-order valence-electron chi connectivity index (χ3n) is 4.97. The Hall–Kier alpha value is -3.60. The number of hydrogen-bond donors (Lipinski definition) is 1. The molecule has 8 nitrogen and oxygen atoms in total. The molecule has 3 aromatic rings. The van der Waals surface area contributed by atoms with Crippen molar-refractivity contribution in [2.45, 2.75) is 4.90 Å². The van der Waals surface area contributed by atoms with E-state index in [2.05, 4.69) is 10.3 Å². The highest BCUT2D eigenvalue weighted by Gasteiger charge is 2.27. The first-order valence-corrected chi connectivity index (χ1v) is 11.9. The van der Waals surface area contributed by atoms with E-state index in [1.807, 2.05) is 0 Å². The Labute approximate surface area is 196 Å². The molecular formula is C24H22FN3O5S. The van der Waals surface area contributed by atoms with Gasteiger partial charge in [0.05, 0.1) is 23.8 Å². The maximum Gasteiger partial charge on any atom is 0.248 e. The topological polar surface area (TPSA) is 97.8 Å². The number of nitrogens with one attached hydrogen (secondary N) is 1. The molecule has 1 aromatic heterocycles. The second kappa shape index (κ2) is 10.6. The van der Waals surface area contributed by atoms with Gasteiger partial charge in [0.1, 0.15) is 11.6 Å². The summed E-state index contributed by atoms with van der Waals surface area (Å²) in [7, 11) is -3.80. The van der Waals surface area contributed by atoms with E-state index in [9.17, 15) is 17.6 Å². The van der Waals surface area contributed by atoms with Gasteiger partial charge in [0, 0.05) is 31.6 Å². The van der Waals surface area contributed by atoms with Gasteiger partial charge in [-0.25, -0.2) is 12.8 Å². The molecular weight excluding hydrogens is 461 g/mol. The van der Waals surface area contributed by atoms with E-state index < -0.39 is 21.7 Å². The van der Waals surface area contributed by atoms with Crippen LogP contribution in [0.1, 0.15) is 5.56 Å². The van der Waals surface area contributed by atoms with Gasteiger partial charge >= 0.3 is 0 Å². The van der Waals surface area contributed by atoms with Crippen LogP contribution >= 0.6 is 0 Å². The van der Waals surface area contributed by atoms with Gasteiger partial charge in [-0.15, -0.1) is 0 Å². The first-order chi connectivity index (χ1) is 16.4. The Morgan fingerprint density at radius 3 is 2.59 bits per heavy atom. The molecule has 1 fully saturated rings. The highest BCUT2D eigenvalue weighted by atomic mass is 32.2. The summed E-state index contributed by atoms with van der Waals surface area (Å²) >= 11 is 0. The maximum absolute atomic E-state index is 13.3. The van der Waals surface area contributed by atoms with E-state index in [4.69, 9.17) is 9.47 Å². The third kappa shape index (κ3) is 5.84. The number of amides is 1. The van der Waals surface area contributed by atoms with E-state index in [1.54, 1.807) is 30.6 Å². The molecule has 0 atom stereocenters. The van der Waals surface area contributed by atoms with Gasteiger partial charge in [-0.2, -0.15) is 4.31 Å². The second-order valence-corrected chi connectivity index (χ2v) is 9.28. The number of sulfonamides is 1. The van der Waals surface area contributed by atoms with Crippen molar-refractivity contribution in [1.82, 2.24) is 9.29 Å². The fraction of sp³-hybridized carbons (Fsp3) is 0.167. The summed E-state index contributed by atoms with van der Waals surface area (Å²) in [6, 6.07) is 13.1. The molecule has 2 aromatic carbocycles. The van der Waals surface area contributed by atoms with Crippen LogP contribution in [0, 0.1) is 5.82 Å². The smallest absolute Gasteiger partial charge is 0.248 e. The second-order valence-electron chi connectivity index (χ2n) is 7.34. The molecule has 0 saturated carbocycles. The zero-order valence-electron chi connectivity index (χ0n) is 18.1. The molecule has 0 unspecified atom stereocenters. The first-order valence-electron chi connectivity index (χ1n) is 10.5. The van der Waals surface area contributed by atoms with Gasteiger partial charge in [0.25, 0.3) is 0 Å². The first kappa shape index (κ1) is 23.6. The average Bonchev–Trinajstić information content (AvgIpc) is 2.86. The number of hydrogen-bond acceptors (Lipinski definition) is 6. The van der Waals surface area contributed by atoms with Crippen molar-refractivity contribution in [2.24, 2.45) is 0 Å². The minimum Gasteiger partial charge on any atom is -0.455 e. The van der Waals surface area contributed by atoms with Gasteiger partial charge in [0.2, 0.25) is 15.9 Å². The quantitative estimate of drug-likeness (QED) is 0.515. The van der Waals surface area contributed by atoms with Crippen LogP contribution < -0.4 is 10.1 Å². The Balaban J connectivity index is 1.63. The molecule has 0 aliphatic carbocycles. The van der Waals surface area contributed by atoms with Crippen LogP contribution in [0.25, 0.3) is 6.08 Å². The lowest BCUT2D eigenvalue weighted by Crippen LogP contribution is -2.40. The van der Waals surface area contributed by atoms with Crippen LogP contribution in [0.4, 0.5) is 10.1 Å². The van der Waals surface area contributed by atoms with E-state index in [0.29, 0.717) is 19.0 Å². The monoisotopic (exact) mass is 483 g/mol. The maximum atomic E-state index is 13.3. The number of morpholine rings is 1.